The van der Waals surface area contributed by atoms with Crippen molar-refractivity contribution in [1.29, 1.82) is 0 Å². The maximum absolute atomic E-state index is 5.16. The van der Waals surface area contributed by atoms with Crippen LogP contribution in [0.25, 0.3) is 88.6 Å². The van der Waals surface area contributed by atoms with Crippen LogP contribution in [0.1, 0.15) is 11.3 Å². The fourth-order valence-corrected chi connectivity index (χ4v) is 8.23. The minimum absolute atomic E-state index is 0.713. The summed E-state index contributed by atoms with van der Waals surface area (Å²) in [5, 5.41) is 4.86. The Labute approximate surface area is 294 Å². The van der Waals surface area contributed by atoms with Crippen molar-refractivity contribution in [2.45, 2.75) is 6.42 Å². The summed E-state index contributed by atoms with van der Waals surface area (Å²) in [5.41, 5.74) is 15.3. The second-order valence-corrected chi connectivity index (χ2v) is 13.4. The molecule has 0 saturated heterocycles. The lowest BCUT2D eigenvalue weighted by Crippen LogP contribution is -2.03. The molecule has 0 amide bonds. The summed E-state index contributed by atoms with van der Waals surface area (Å²) in [7, 11) is 0. The van der Waals surface area contributed by atoms with E-state index in [1.807, 2.05) is 6.20 Å². The van der Waals surface area contributed by atoms with Crippen LogP contribution >= 0.6 is 0 Å². The van der Waals surface area contributed by atoms with Crippen molar-refractivity contribution in [2.24, 2.45) is 0 Å². The normalized spacial score (nSPS) is 12.2. The van der Waals surface area contributed by atoms with Crippen molar-refractivity contribution in [3.8, 4) is 45.0 Å². The van der Waals surface area contributed by atoms with Crippen LogP contribution in [0.3, 0.4) is 0 Å². The van der Waals surface area contributed by atoms with Gasteiger partial charge in [0, 0.05) is 45.4 Å². The highest BCUT2D eigenvalue weighted by Gasteiger charge is 2.22. The highest BCUT2D eigenvalue weighted by atomic mass is 15.2. The average Bonchev–Trinajstić information content (AvgIpc) is 3.85. The number of fused-ring (bicyclic) bond motifs is 9. The van der Waals surface area contributed by atoms with Gasteiger partial charge >= 0.3 is 0 Å². The Morgan fingerprint density at radius 3 is 1.69 bits per heavy atom. The third-order valence-electron chi connectivity index (χ3n) is 10.6. The molecule has 0 bridgehead atoms. The quantitative estimate of drug-likeness (QED) is 0.190. The molecule has 11 rings (SSSR count). The minimum Gasteiger partial charge on any atom is -0.309 e. The molecule has 10 aromatic rings. The number of nitrogens with zero attached hydrogens (tertiary/aromatic N) is 4. The van der Waals surface area contributed by atoms with Gasteiger partial charge in [-0.1, -0.05) is 109 Å². The lowest BCUT2D eigenvalue weighted by molar-refractivity contribution is 0.955. The number of hydrogen-bond donors (Lipinski definition) is 0. The lowest BCUT2D eigenvalue weighted by atomic mass is 9.99. The summed E-state index contributed by atoms with van der Waals surface area (Å²) < 4.78 is 4.61. The van der Waals surface area contributed by atoms with Gasteiger partial charge in [0.1, 0.15) is 0 Å². The summed E-state index contributed by atoms with van der Waals surface area (Å²) in [6.45, 7) is 0. The van der Waals surface area contributed by atoms with Crippen molar-refractivity contribution in [1.82, 2.24) is 19.1 Å². The van der Waals surface area contributed by atoms with E-state index in [0.29, 0.717) is 5.95 Å². The van der Waals surface area contributed by atoms with Crippen molar-refractivity contribution in [3.05, 3.63) is 181 Å². The Hall–Kier alpha value is -6.78. The molecule has 238 valence electrons. The van der Waals surface area contributed by atoms with Gasteiger partial charge in [-0.2, -0.15) is 0 Å². The molecule has 0 saturated carbocycles. The predicted octanol–water partition coefficient (Wildman–Crippen LogP) is 11.6. The Morgan fingerprint density at radius 2 is 0.961 bits per heavy atom. The third-order valence-corrected chi connectivity index (χ3v) is 10.6. The number of para-hydroxylation sites is 2. The monoisotopic (exact) mass is 650 g/mol. The molecule has 51 heavy (non-hydrogen) atoms. The van der Waals surface area contributed by atoms with E-state index in [1.165, 1.54) is 66.0 Å². The SMILES string of the molecule is c1ccc(-c2ccc3c(c2)c2cc(-c4ccc5c(c4)c4ccccc4n5-c4ncc5c(n4)Cc4ccccc4-5)ccc2n3-c2ccccc2)cc1. The molecule has 7 aromatic carbocycles. The standard InChI is InChI=1S/C47H30N4/c1-3-11-30(12-4-1)31-19-22-44-39(25-31)40-27-33(20-23-45(40)50(44)35-14-5-2-6-15-35)32-21-24-46-38(26-32)37-17-9-10-18-43(37)51(46)47-48-29-41-36-16-8-7-13-34(36)28-42(41)49-47/h1-27,29H,28H2. The van der Waals surface area contributed by atoms with Crippen LogP contribution in [-0.4, -0.2) is 19.1 Å². The first kappa shape index (κ1) is 28.1. The summed E-state index contributed by atoms with van der Waals surface area (Å²) in [6, 6.07) is 59.1. The molecule has 4 heteroatoms. The molecule has 4 nitrogen and oxygen atoms in total. The molecule has 3 aromatic heterocycles. The van der Waals surface area contributed by atoms with E-state index in [1.54, 1.807) is 0 Å². The number of benzene rings is 7. The summed E-state index contributed by atoms with van der Waals surface area (Å²) in [6.07, 6.45) is 2.83. The zero-order chi connectivity index (χ0) is 33.5. The molecule has 0 fully saturated rings. The van der Waals surface area contributed by atoms with Crippen molar-refractivity contribution < 1.29 is 0 Å². The summed E-state index contributed by atoms with van der Waals surface area (Å²) in [5.74, 6) is 0.713. The lowest BCUT2D eigenvalue weighted by Gasteiger charge is -2.09. The first-order chi connectivity index (χ1) is 25.3. The van der Waals surface area contributed by atoms with Gasteiger partial charge in [-0.3, -0.25) is 4.57 Å². The second kappa shape index (κ2) is 10.9. The highest BCUT2D eigenvalue weighted by Crippen LogP contribution is 2.40. The van der Waals surface area contributed by atoms with Crippen LogP contribution in [0.15, 0.2) is 170 Å². The maximum atomic E-state index is 5.16. The first-order valence-corrected chi connectivity index (χ1v) is 17.5. The fourth-order valence-electron chi connectivity index (χ4n) is 8.23. The molecule has 0 aliphatic heterocycles. The molecule has 1 aliphatic carbocycles. The third kappa shape index (κ3) is 4.26. The zero-order valence-corrected chi connectivity index (χ0v) is 27.7. The van der Waals surface area contributed by atoms with Crippen LogP contribution in [0.2, 0.25) is 0 Å². The van der Waals surface area contributed by atoms with E-state index in [-0.39, 0.29) is 0 Å². The Balaban J connectivity index is 1.09. The topological polar surface area (TPSA) is 35.6 Å². The molecule has 3 heterocycles. The Bertz CT molecular complexity index is 2990. The van der Waals surface area contributed by atoms with E-state index in [0.717, 1.165) is 34.4 Å². The molecule has 0 unspecified atom stereocenters. The van der Waals surface area contributed by atoms with Crippen LogP contribution in [-0.2, 0) is 6.42 Å². The van der Waals surface area contributed by atoms with E-state index in [2.05, 4.69) is 173 Å². The van der Waals surface area contributed by atoms with Gasteiger partial charge in [0.05, 0.1) is 27.8 Å². The van der Waals surface area contributed by atoms with E-state index < -0.39 is 0 Å². The smallest absolute Gasteiger partial charge is 0.234 e. The summed E-state index contributed by atoms with van der Waals surface area (Å²) >= 11 is 0. The van der Waals surface area contributed by atoms with Gasteiger partial charge in [-0.05, 0) is 88.0 Å². The van der Waals surface area contributed by atoms with Crippen molar-refractivity contribution in [3.63, 3.8) is 0 Å². The largest absolute Gasteiger partial charge is 0.309 e. The average molecular weight is 651 g/mol. The van der Waals surface area contributed by atoms with E-state index in [9.17, 15) is 0 Å². The molecule has 0 atom stereocenters. The van der Waals surface area contributed by atoms with Crippen molar-refractivity contribution in [2.75, 3.05) is 0 Å². The minimum atomic E-state index is 0.713. The number of aromatic nitrogens is 4. The molecule has 0 spiro atoms. The molecular formula is C47H30N4. The Morgan fingerprint density at radius 1 is 0.412 bits per heavy atom. The van der Waals surface area contributed by atoms with Gasteiger partial charge in [0.25, 0.3) is 0 Å². The maximum Gasteiger partial charge on any atom is 0.234 e. The van der Waals surface area contributed by atoms with Gasteiger partial charge in [-0.15, -0.1) is 0 Å². The summed E-state index contributed by atoms with van der Waals surface area (Å²) in [4.78, 5) is 10.1. The van der Waals surface area contributed by atoms with Gasteiger partial charge < -0.3 is 4.57 Å². The predicted molar refractivity (Wildman–Crippen MR) is 210 cm³/mol. The van der Waals surface area contributed by atoms with Crippen molar-refractivity contribution >= 4 is 43.6 Å². The Kier molecular flexibility index (Phi) is 5.98. The fraction of sp³-hybridized carbons (Fsp3) is 0.0213. The molecule has 0 radical (unpaired) electrons. The number of hydrogen-bond acceptors (Lipinski definition) is 2. The second-order valence-electron chi connectivity index (χ2n) is 13.4. The van der Waals surface area contributed by atoms with Gasteiger partial charge in [0.2, 0.25) is 5.95 Å². The molecular weight excluding hydrogens is 621 g/mol. The van der Waals surface area contributed by atoms with E-state index in [4.69, 9.17) is 9.97 Å². The van der Waals surface area contributed by atoms with Crippen LogP contribution in [0.4, 0.5) is 0 Å². The van der Waals surface area contributed by atoms with Crippen LogP contribution in [0, 0.1) is 0 Å². The van der Waals surface area contributed by atoms with Crippen LogP contribution in [0.5, 0.6) is 0 Å². The van der Waals surface area contributed by atoms with Gasteiger partial charge in [-0.25, -0.2) is 9.97 Å². The van der Waals surface area contributed by atoms with E-state index >= 15 is 0 Å². The molecule has 1 aliphatic rings. The zero-order valence-electron chi connectivity index (χ0n) is 27.7. The number of rotatable bonds is 4. The highest BCUT2D eigenvalue weighted by molar-refractivity contribution is 6.13. The van der Waals surface area contributed by atoms with Gasteiger partial charge in [0.15, 0.2) is 0 Å². The van der Waals surface area contributed by atoms with Crippen LogP contribution < -0.4 is 0 Å². The molecule has 0 N–H and O–H groups in total. The first-order valence-electron chi connectivity index (χ1n) is 17.5.